The molecular weight excluding hydrogens is 278 g/mol. The van der Waals surface area contributed by atoms with Crippen LogP contribution in [0.1, 0.15) is 56.6 Å². The van der Waals surface area contributed by atoms with Crippen molar-refractivity contribution < 1.29 is 4.79 Å². The average Bonchev–Trinajstić information content (AvgIpc) is 2.49. The van der Waals surface area contributed by atoms with Crippen molar-refractivity contribution in [2.24, 2.45) is 0 Å². The predicted octanol–water partition coefficient (Wildman–Crippen LogP) is 4.65. The number of fused-ring (bicyclic) bond motifs is 1. The first-order valence-corrected chi connectivity index (χ1v) is 8.73. The molecular formula is C18H25NOS. The van der Waals surface area contributed by atoms with Gasteiger partial charge in [0.2, 0.25) is 5.91 Å². The van der Waals surface area contributed by atoms with Gasteiger partial charge in [-0.25, -0.2) is 0 Å². The Morgan fingerprint density at radius 3 is 3.10 bits per heavy atom. The van der Waals surface area contributed by atoms with Gasteiger partial charge < -0.3 is 5.32 Å². The molecule has 1 aromatic rings. The number of thioether (sulfide) groups is 1. The Balaban J connectivity index is 2.00. The lowest BCUT2D eigenvalue weighted by Crippen LogP contribution is -2.21. The molecule has 1 aliphatic carbocycles. The summed E-state index contributed by atoms with van der Waals surface area (Å²) >= 11 is 1.79. The van der Waals surface area contributed by atoms with Gasteiger partial charge in [-0.3, -0.25) is 4.79 Å². The van der Waals surface area contributed by atoms with Crippen molar-refractivity contribution in [1.82, 2.24) is 5.32 Å². The number of allylic oxidation sites excluding steroid dienone is 1. The van der Waals surface area contributed by atoms with Crippen LogP contribution >= 0.6 is 11.8 Å². The van der Waals surface area contributed by atoms with Gasteiger partial charge in [-0.15, -0.1) is 0 Å². The molecule has 0 aliphatic heterocycles. The van der Waals surface area contributed by atoms with Crippen molar-refractivity contribution in [3.63, 3.8) is 0 Å². The number of carbonyl (C=O) groups is 1. The molecule has 2 nitrogen and oxygen atoms in total. The quantitative estimate of drug-likeness (QED) is 0.612. The van der Waals surface area contributed by atoms with Crippen molar-refractivity contribution in [1.29, 1.82) is 0 Å². The van der Waals surface area contributed by atoms with E-state index in [2.05, 4.69) is 41.9 Å². The minimum absolute atomic E-state index is 0.0732. The maximum atomic E-state index is 10.9. The monoisotopic (exact) mass is 303 g/mol. The Morgan fingerprint density at radius 1 is 1.48 bits per heavy atom. The molecule has 0 radical (unpaired) electrons. The number of hydrogen-bond acceptors (Lipinski definition) is 2. The van der Waals surface area contributed by atoms with Gasteiger partial charge in [0.25, 0.3) is 0 Å². The van der Waals surface area contributed by atoms with E-state index >= 15 is 0 Å². The van der Waals surface area contributed by atoms with Crippen LogP contribution in [0, 0.1) is 0 Å². The van der Waals surface area contributed by atoms with Crippen LogP contribution in [0.3, 0.4) is 0 Å². The third kappa shape index (κ3) is 4.92. The molecule has 1 unspecified atom stereocenters. The lowest BCUT2D eigenvalue weighted by molar-refractivity contribution is -0.118. The molecule has 0 aromatic heterocycles. The van der Waals surface area contributed by atoms with Crippen LogP contribution in [0.25, 0.3) is 0 Å². The second-order valence-electron chi connectivity index (χ2n) is 5.66. The van der Waals surface area contributed by atoms with Crippen LogP contribution < -0.4 is 5.32 Å². The van der Waals surface area contributed by atoms with Crippen LogP contribution in [-0.4, -0.2) is 12.5 Å². The topological polar surface area (TPSA) is 29.1 Å². The summed E-state index contributed by atoms with van der Waals surface area (Å²) in [5.74, 6) is 0.734. The molecule has 0 bridgehead atoms. The molecule has 114 valence electrons. The highest BCUT2D eigenvalue weighted by Gasteiger charge is 2.20. The van der Waals surface area contributed by atoms with Crippen LogP contribution in [0.2, 0.25) is 0 Å². The standard InChI is InChI=1S/C18H25NOS/c1-3-12-21-17-10-9-16-7-4-6-15(18(16)13-17)8-5-11-19-14(2)20/h3,9-10,12-13,15H,4-8,11H2,1-2H3,(H,19,20)/b12-3-. The molecule has 21 heavy (non-hydrogen) atoms. The highest BCUT2D eigenvalue weighted by atomic mass is 32.2. The first kappa shape index (κ1) is 16.2. The lowest BCUT2D eigenvalue weighted by atomic mass is 9.80. The Hall–Kier alpha value is -1.22. The maximum absolute atomic E-state index is 10.9. The fraction of sp³-hybridized carbons (Fsp3) is 0.500. The van der Waals surface area contributed by atoms with Crippen molar-refractivity contribution in [2.45, 2.75) is 56.8 Å². The van der Waals surface area contributed by atoms with Gasteiger partial charge in [-0.05, 0) is 73.6 Å². The minimum atomic E-state index is 0.0732. The summed E-state index contributed by atoms with van der Waals surface area (Å²) in [7, 11) is 0. The number of hydrogen-bond donors (Lipinski definition) is 1. The van der Waals surface area contributed by atoms with Crippen molar-refractivity contribution in [3.05, 3.63) is 40.8 Å². The second-order valence-corrected chi connectivity index (χ2v) is 6.64. The molecule has 1 atom stereocenters. The molecule has 3 heteroatoms. The Morgan fingerprint density at radius 2 is 2.33 bits per heavy atom. The Bertz CT molecular complexity index is 510. The molecule has 0 spiro atoms. The normalized spacial score (nSPS) is 17.7. The average molecular weight is 303 g/mol. The first-order valence-electron chi connectivity index (χ1n) is 7.85. The van der Waals surface area contributed by atoms with Gasteiger partial charge in [0.05, 0.1) is 0 Å². The highest BCUT2D eigenvalue weighted by Crippen LogP contribution is 2.37. The summed E-state index contributed by atoms with van der Waals surface area (Å²) < 4.78 is 0. The molecule has 2 rings (SSSR count). The lowest BCUT2D eigenvalue weighted by Gasteiger charge is -2.26. The smallest absolute Gasteiger partial charge is 0.216 e. The highest BCUT2D eigenvalue weighted by molar-refractivity contribution is 8.02. The zero-order chi connectivity index (χ0) is 15.1. The third-order valence-corrected chi connectivity index (χ3v) is 4.93. The second kappa shape index (κ2) is 8.28. The molecule has 0 fully saturated rings. The molecule has 1 aliphatic rings. The van der Waals surface area contributed by atoms with Gasteiger partial charge in [0.15, 0.2) is 0 Å². The molecule has 0 heterocycles. The number of amides is 1. The number of benzene rings is 1. The maximum Gasteiger partial charge on any atom is 0.216 e. The van der Waals surface area contributed by atoms with E-state index in [1.165, 1.54) is 36.1 Å². The molecule has 1 N–H and O–H groups in total. The summed E-state index contributed by atoms with van der Waals surface area (Å²) in [6.07, 6.45) is 8.10. The van der Waals surface area contributed by atoms with Gasteiger partial charge in [-0.2, -0.15) is 0 Å². The first-order chi connectivity index (χ1) is 10.2. The van der Waals surface area contributed by atoms with E-state index in [1.807, 2.05) is 0 Å². The molecule has 0 saturated heterocycles. The van der Waals surface area contributed by atoms with Crippen LogP contribution in [0.15, 0.2) is 34.6 Å². The summed E-state index contributed by atoms with van der Waals surface area (Å²) in [4.78, 5) is 12.3. The van der Waals surface area contributed by atoms with E-state index in [0.717, 1.165) is 13.0 Å². The van der Waals surface area contributed by atoms with E-state index in [4.69, 9.17) is 0 Å². The summed E-state index contributed by atoms with van der Waals surface area (Å²) in [6.45, 7) is 4.44. The summed E-state index contributed by atoms with van der Waals surface area (Å²) in [5.41, 5.74) is 3.06. The third-order valence-electron chi connectivity index (χ3n) is 4.00. The summed E-state index contributed by atoms with van der Waals surface area (Å²) in [6, 6.07) is 6.92. The zero-order valence-electron chi connectivity index (χ0n) is 13.0. The van der Waals surface area contributed by atoms with Crippen LogP contribution in [0.5, 0.6) is 0 Å². The van der Waals surface area contributed by atoms with Crippen molar-refractivity contribution in [3.8, 4) is 0 Å². The number of nitrogens with one attached hydrogen (secondary N) is 1. The zero-order valence-corrected chi connectivity index (χ0v) is 13.8. The van der Waals surface area contributed by atoms with E-state index in [9.17, 15) is 4.79 Å². The van der Waals surface area contributed by atoms with E-state index in [1.54, 1.807) is 24.2 Å². The largest absolute Gasteiger partial charge is 0.356 e. The SMILES string of the molecule is C/C=C\Sc1ccc2c(c1)C(CCCNC(C)=O)CCC2. The number of rotatable bonds is 6. The molecule has 1 aromatic carbocycles. The molecule has 0 saturated carbocycles. The van der Waals surface area contributed by atoms with Gasteiger partial charge >= 0.3 is 0 Å². The van der Waals surface area contributed by atoms with Gasteiger partial charge in [0, 0.05) is 18.4 Å². The summed E-state index contributed by atoms with van der Waals surface area (Å²) in [5, 5.41) is 5.03. The fourth-order valence-corrected chi connectivity index (χ4v) is 3.64. The van der Waals surface area contributed by atoms with E-state index in [-0.39, 0.29) is 5.91 Å². The number of aryl methyl sites for hydroxylation is 1. The van der Waals surface area contributed by atoms with Crippen LogP contribution in [0.4, 0.5) is 0 Å². The van der Waals surface area contributed by atoms with Crippen LogP contribution in [-0.2, 0) is 11.2 Å². The minimum Gasteiger partial charge on any atom is -0.356 e. The fourth-order valence-electron chi connectivity index (χ4n) is 3.01. The number of carbonyl (C=O) groups excluding carboxylic acids is 1. The van der Waals surface area contributed by atoms with E-state index in [0.29, 0.717) is 5.92 Å². The predicted molar refractivity (Wildman–Crippen MR) is 90.7 cm³/mol. The van der Waals surface area contributed by atoms with E-state index < -0.39 is 0 Å². The Labute approximate surface area is 132 Å². The van der Waals surface area contributed by atoms with Gasteiger partial charge in [-0.1, -0.05) is 23.9 Å². The Kier molecular flexibility index (Phi) is 6.37. The van der Waals surface area contributed by atoms with Crippen molar-refractivity contribution in [2.75, 3.05) is 6.54 Å². The van der Waals surface area contributed by atoms with Crippen molar-refractivity contribution >= 4 is 17.7 Å². The molecule has 1 amide bonds. The van der Waals surface area contributed by atoms with Gasteiger partial charge in [0.1, 0.15) is 0 Å².